The summed E-state index contributed by atoms with van der Waals surface area (Å²) < 4.78 is 0. The third kappa shape index (κ3) is 5.84. The molecular formula is C12H24O. The van der Waals surface area contributed by atoms with E-state index in [0.29, 0.717) is 5.78 Å². The van der Waals surface area contributed by atoms with Gasteiger partial charge in [-0.3, -0.25) is 4.79 Å². The van der Waals surface area contributed by atoms with Crippen LogP contribution in [0.1, 0.15) is 66.2 Å². The second kappa shape index (κ2) is 6.17. The molecule has 0 spiro atoms. The average Bonchev–Trinajstić information content (AvgIpc) is 2.03. The predicted molar refractivity (Wildman–Crippen MR) is 57.8 cm³/mol. The van der Waals surface area contributed by atoms with Crippen molar-refractivity contribution >= 4 is 5.78 Å². The Bertz CT molecular complexity index is 147. The van der Waals surface area contributed by atoms with Crippen molar-refractivity contribution in [3.05, 3.63) is 0 Å². The zero-order chi connectivity index (χ0) is 10.3. The summed E-state index contributed by atoms with van der Waals surface area (Å²) in [6, 6.07) is 0. The molecule has 0 aliphatic heterocycles. The molecule has 1 nitrogen and oxygen atoms in total. The second-order valence-corrected chi connectivity index (χ2v) is 4.60. The second-order valence-electron chi connectivity index (χ2n) is 4.60. The van der Waals surface area contributed by atoms with Crippen LogP contribution in [-0.4, -0.2) is 5.78 Å². The maximum absolute atomic E-state index is 11.2. The average molecular weight is 184 g/mol. The van der Waals surface area contributed by atoms with Crippen molar-refractivity contribution in [2.24, 2.45) is 5.41 Å². The molecule has 0 aromatic rings. The molecule has 0 radical (unpaired) electrons. The van der Waals surface area contributed by atoms with Gasteiger partial charge in [-0.2, -0.15) is 0 Å². The first-order valence-corrected chi connectivity index (χ1v) is 5.51. The maximum atomic E-state index is 11.2. The molecule has 13 heavy (non-hydrogen) atoms. The lowest BCUT2D eigenvalue weighted by Crippen LogP contribution is -2.20. The zero-order valence-electron chi connectivity index (χ0n) is 9.65. The molecule has 0 heterocycles. The third-order valence-electron chi connectivity index (χ3n) is 2.86. The smallest absolute Gasteiger partial charge is 0.135 e. The van der Waals surface area contributed by atoms with Crippen LogP contribution in [-0.2, 0) is 4.79 Å². The van der Waals surface area contributed by atoms with E-state index in [1.54, 1.807) is 6.92 Å². The fourth-order valence-electron chi connectivity index (χ4n) is 1.35. The molecule has 0 amide bonds. The molecule has 0 unspecified atom stereocenters. The summed E-state index contributed by atoms with van der Waals surface area (Å²) in [6.07, 6.45) is 7.48. The maximum Gasteiger partial charge on any atom is 0.135 e. The van der Waals surface area contributed by atoms with E-state index in [1.807, 2.05) is 0 Å². The van der Waals surface area contributed by atoms with Crippen LogP contribution in [0.15, 0.2) is 0 Å². The molecule has 0 rings (SSSR count). The van der Waals surface area contributed by atoms with Crippen molar-refractivity contribution in [2.45, 2.75) is 66.2 Å². The Labute approximate surface area is 82.9 Å². The lowest BCUT2D eigenvalue weighted by atomic mass is 9.83. The van der Waals surface area contributed by atoms with Gasteiger partial charge in [0.1, 0.15) is 5.78 Å². The topological polar surface area (TPSA) is 17.1 Å². The summed E-state index contributed by atoms with van der Waals surface area (Å²) in [5.41, 5.74) is -0.0911. The fourth-order valence-corrected chi connectivity index (χ4v) is 1.35. The highest BCUT2D eigenvalue weighted by Crippen LogP contribution is 2.24. The molecule has 0 saturated heterocycles. The highest BCUT2D eigenvalue weighted by molar-refractivity contribution is 5.81. The van der Waals surface area contributed by atoms with Gasteiger partial charge >= 0.3 is 0 Å². The van der Waals surface area contributed by atoms with Crippen LogP contribution < -0.4 is 0 Å². The van der Waals surface area contributed by atoms with Crippen LogP contribution in [0.5, 0.6) is 0 Å². The van der Waals surface area contributed by atoms with Gasteiger partial charge in [-0.1, -0.05) is 52.9 Å². The van der Waals surface area contributed by atoms with Crippen molar-refractivity contribution in [3.8, 4) is 0 Å². The number of ketones is 1. The Morgan fingerprint density at radius 2 is 1.62 bits per heavy atom. The molecule has 0 N–H and O–H groups in total. The van der Waals surface area contributed by atoms with E-state index in [0.717, 1.165) is 6.42 Å². The standard InChI is InChI=1S/C12H24O/c1-5-6-7-8-9-10-12(3,4)11(2)13/h5-10H2,1-4H3. The third-order valence-corrected chi connectivity index (χ3v) is 2.86. The van der Waals surface area contributed by atoms with Gasteiger partial charge in [0.2, 0.25) is 0 Å². The van der Waals surface area contributed by atoms with Crippen molar-refractivity contribution < 1.29 is 4.79 Å². The minimum atomic E-state index is -0.0911. The molecule has 0 aromatic carbocycles. The first kappa shape index (κ1) is 12.7. The molecule has 1 heteroatoms. The molecule has 0 bridgehead atoms. The number of carbonyl (C=O) groups is 1. The Hall–Kier alpha value is -0.330. The van der Waals surface area contributed by atoms with Crippen LogP contribution in [0.4, 0.5) is 0 Å². The molecule has 0 aromatic heterocycles. The number of Topliss-reactive ketones (excluding diaryl/α,β-unsaturated/α-hetero) is 1. The highest BCUT2D eigenvalue weighted by atomic mass is 16.1. The molecule has 0 aliphatic carbocycles. The SMILES string of the molecule is CCCCCCCC(C)(C)C(C)=O. The van der Waals surface area contributed by atoms with Gasteiger partial charge in [0.15, 0.2) is 0 Å². The van der Waals surface area contributed by atoms with Crippen LogP contribution in [0, 0.1) is 5.41 Å². The number of unbranched alkanes of at least 4 members (excludes halogenated alkanes) is 4. The van der Waals surface area contributed by atoms with E-state index in [-0.39, 0.29) is 5.41 Å². The fraction of sp³-hybridized carbons (Fsp3) is 0.917. The Balaban J connectivity index is 3.46. The first-order valence-electron chi connectivity index (χ1n) is 5.51. The van der Waals surface area contributed by atoms with Crippen LogP contribution in [0.25, 0.3) is 0 Å². The van der Waals surface area contributed by atoms with Crippen molar-refractivity contribution in [1.29, 1.82) is 0 Å². The largest absolute Gasteiger partial charge is 0.299 e. The van der Waals surface area contributed by atoms with E-state index >= 15 is 0 Å². The molecule has 0 saturated carbocycles. The molecule has 0 atom stereocenters. The minimum absolute atomic E-state index is 0.0911. The summed E-state index contributed by atoms with van der Waals surface area (Å²) in [5.74, 6) is 0.322. The van der Waals surface area contributed by atoms with Gasteiger partial charge in [-0.05, 0) is 13.3 Å². The summed E-state index contributed by atoms with van der Waals surface area (Å²) in [6.45, 7) is 8.02. The first-order chi connectivity index (χ1) is 6.00. The van der Waals surface area contributed by atoms with Crippen molar-refractivity contribution in [1.82, 2.24) is 0 Å². The van der Waals surface area contributed by atoms with E-state index in [9.17, 15) is 4.79 Å². The van der Waals surface area contributed by atoms with E-state index in [4.69, 9.17) is 0 Å². The van der Waals surface area contributed by atoms with Gasteiger partial charge in [0.25, 0.3) is 0 Å². The molecular weight excluding hydrogens is 160 g/mol. The minimum Gasteiger partial charge on any atom is -0.299 e. The van der Waals surface area contributed by atoms with Crippen LogP contribution in [0.3, 0.4) is 0 Å². The van der Waals surface area contributed by atoms with Crippen molar-refractivity contribution in [3.63, 3.8) is 0 Å². The quantitative estimate of drug-likeness (QED) is 0.547. The van der Waals surface area contributed by atoms with E-state index in [1.165, 1.54) is 32.1 Å². The zero-order valence-corrected chi connectivity index (χ0v) is 9.65. The van der Waals surface area contributed by atoms with Crippen LogP contribution in [0.2, 0.25) is 0 Å². The monoisotopic (exact) mass is 184 g/mol. The van der Waals surface area contributed by atoms with Gasteiger partial charge < -0.3 is 0 Å². The summed E-state index contributed by atoms with van der Waals surface area (Å²) in [5, 5.41) is 0. The number of hydrogen-bond acceptors (Lipinski definition) is 1. The summed E-state index contributed by atoms with van der Waals surface area (Å²) >= 11 is 0. The molecule has 0 fully saturated rings. The van der Waals surface area contributed by atoms with Gasteiger partial charge in [0, 0.05) is 5.41 Å². The van der Waals surface area contributed by atoms with E-state index in [2.05, 4.69) is 20.8 Å². The van der Waals surface area contributed by atoms with Crippen LogP contribution >= 0.6 is 0 Å². The van der Waals surface area contributed by atoms with Gasteiger partial charge in [-0.25, -0.2) is 0 Å². The molecule has 78 valence electrons. The summed E-state index contributed by atoms with van der Waals surface area (Å²) in [7, 11) is 0. The lowest BCUT2D eigenvalue weighted by molar-refractivity contribution is -0.125. The predicted octanol–water partition coefficient (Wildman–Crippen LogP) is 3.96. The molecule has 0 aliphatic rings. The Morgan fingerprint density at radius 3 is 2.08 bits per heavy atom. The number of carbonyl (C=O) groups excluding carboxylic acids is 1. The van der Waals surface area contributed by atoms with Gasteiger partial charge in [-0.15, -0.1) is 0 Å². The number of rotatable bonds is 7. The van der Waals surface area contributed by atoms with Crippen molar-refractivity contribution in [2.75, 3.05) is 0 Å². The van der Waals surface area contributed by atoms with E-state index < -0.39 is 0 Å². The normalized spacial score (nSPS) is 11.7. The number of hydrogen-bond donors (Lipinski definition) is 0. The lowest BCUT2D eigenvalue weighted by Gasteiger charge is -2.20. The Kier molecular flexibility index (Phi) is 6.02. The van der Waals surface area contributed by atoms with Gasteiger partial charge in [0.05, 0.1) is 0 Å². The Morgan fingerprint density at radius 1 is 1.08 bits per heavy atom. The highest BCUT2D eigenvalue weighted by Gasteiger charge is 2.22. The summed E-state index contributed by atoms with van der Waals surface area (Å²) in [4.78, 5) is 11.2.